The fourth-order valence-electron chi connectivity index (χ4n) is 3.48. The van der Waals surface area contributed by atoms with E-state index in [0.29, 0.717) is 43.5 Å². The van der Waals surface area contributed by atoms with Crippen molar-refractivity contribution in [1.29, 1.82) is 0 Å². The Hall–Kier alpha value is -2.29. The Bertz CT molecular complexity index is 1060. The van der Waals surface area contributed by atoms with Crippen molar-refractivity contribution in [2.75, 3.05) is 26.2 Å². The third-order valence-electron chi connectivity index (χ3n) is 5.03. The molecule has 8 heteroatoms. The van der Waals surface area contributed by atoms with Crippen LogP contribution >= 0.6 is 0 Å². The van der Waals surface area contributed by atoms with Crippen LogP contribution in [0.4, 0.5) is 0 Å². The first-order valence-electron chi connectivity index (χ1n) is 9.59. The summed E-state index contributed by atoms with van der Waals surface area (Å²) in [4.78, 5) is 6.88. The molecule has 7 nitrogen and oxygen atoms in total. The summed E-state index contributed by atoms with van der Waals surface area (Å²) in [7, 11) is -3.50. The second kappa shape index (κ2) is 7.98. The molecule has 1 aromatic heterocycles. The van der Waals surface area contributed by atoms with Gasteiger partial charge in [0.1, 0.15) is 0 Å². The lowest BCUT2D eigenvalue weighted by Gasteiger charge is -2.33. The van der Waals surface area contributed by atoms with Crippen molar-refractivity contribution in [3.63, 3.8) is 0 Å². The number of rotatable bonds is 6. The fraction of sp³-hybridized carbons (Fsp3) is 0.400. The van der Waals surface area contributed by atoms with Gasteiger partial charge < -0.3 is 4.52 Å². The molecule has 148 valence electrons. The number of aryl methyl sites for hydroxylation is 1. The lowest BCUT2D eigenvalue weighted by Crippen LogP contribution is -2.48. The quantitative estimate of drug-likeness (QED) is 0.633. The summed E-state index contributed by atoms with van der Waals surface area (Å²) in [6.07, 6.45) is 1.78. The third-order valence-corrected chi connectivity index (χ3v) is 6.93. The van der Waals surface area contributed by atoms with Gasteiger partial charge in [-0.05, 0) is 29.3 Å². The maximum atomic E-state index is 13.0. The van der Waals surface area contributed by atoms with Gasteiger partial charge in [0, 0.05) is 32.6 Å². The molecule has 28 heavy (non-hydrogen) atoms. The number of hydrogen-bond acceptors (Lipinski definition) is 6. The number of sulfonamides is 1. The number of fused-ring (bicyclic) bond motifs is 1. The van der Waals surface area contributed by atoms with Gasteiger partial charge in [0.2, 0.25) is 15.9 Å². The monoisotopic (exact) mass is 400 g/mol. The van der Waals surface area contributed by atoms with Crippen LogP contribution in [0.1, 0.15) is 25.1 Å². The number of piperazine rings is 1. The molecule has 0 aliphatic carbocycles. The highest BCUT2D eigenvalue weighted by Gasteiger charge is 2.29. The van der Waals surface area contributed by atoms with E-state index in [0.717, 1.165) is 29.4 Å². The second-order valence-corrected chi connectivity index (χ2v) is 8.98. The van der Waals surface area contributed by atoms with E-state index in [1.54, 1.807) is 16.4 Å². The standard InChI is InChI=1S/C20H24N4O3S/c1-2-5-19-21-20(27-22-19)15-23-10-12-24(13-11-23)28(25,26)18-9-8-16-6-3-4-7-17(16)14-18/h3-4,6-9,14H,2,5,10-13,15H2,1H3. The summed E-state index contributed by atoms with van der Waals surface area (Å²) in [6, 6.07) is 13.1. The summed E-state index contributed by atoms with van der Waals surface area (Å²) in [6.45, 7) is 4.80. The van der Waals surface area contributed by atoms with Crippen LogP contribution < -0.4 is 0 Å². The van der Waals surface area contributed by atoms with Crippen molar-refractivity contribution in [3.8, 4) is 0 Å². The van der Waals surface area contributed by atoms with E-state index in [1.165, 1.54) is 0 Å². The maximum Gasteiger partial charge on any atom is 0.243 e. The van der Waals surface area contributed by atoms with Crippen LogP contribution in [0.5, 0.6) is 0 Å². The van der Waals surface area contributed by atoms with Crippen molar-refractivity contribution in [3.05, 3.63) is 54.2 Å². The van der Waals surface area contributed by atoms with Crippen molar-refractivity contribution >= 4 is 20.8 Å². The van der Waals surface area contributed by atoms with Crippen molar-refractivity contribution in [2.45, 2.75) is 31.2 Å². The van der Waals surface area contributed by atoms with Crippen LogP contribution in [-0.4, -0.2) is 53.9 Å². The molecule has 2 aromatic carbocycles. The van der Waals surface area contributed by atoms with Crippen LogP contribution in [0.25, 0.3) is 10.8 Å². The third kappa shape index (κ3) is 3.94. The zero-order valence-corrected chi connectivity index (χ0v) is 16.7. The Balaban J connectivity index is 1.41. The van der Waals surface area contributed by atoms with Crippen LogP contribution in [0.2, 0.25) is 0 Å². The van der Waals surface area contributed by atoms with Crippen molar-refractivity contribution < 1.29 is 12.9 Å². The molecule has 3 aromatic rings. The van der Waals surface area contributed by atoms with E-state index in [1.807, 2.05) is 30.3 Å². The predicted molar refractivity (Wildman–Crippen MR) is 106 cm³/mol. The van der Waals surface area contributed by atoms with E-state index in [2.05, 4.69) is 22.0 Å². The molecule has 1 aliphatic rings. The molecule has 0 amide bonds. The van der Waals surface area contributed by atoms with E-state index in [-0.39, 0.29) is 0 Å². The summed E-state index contributed by atoms with van der Waals surface area (Å²) in [5, 5.41) is 5.94. The summed E-state index contributed by atoms with van der Waals surface area (Å²) < 4.78 is 32.9. The fourth-order valence-corrected chi connectivity index (χ4v) is 4.93. The molecule has 0 N–H and O–H groups in total. The summed E-state index contributed by atoms with van der Waals surface area (Å²) in [5.41, 5.74) is 0. The number of benzene rings is 2. The Kier molecular flexibility index (Phi) is 5.43. The van der Waals surface area contributed by atoms with Gasteiger partial charge in [-0.15, -0.1) is 0 Å². The first-order chi connectivity index (χ1) is 13.6. The van der Waals surface area contributed by atoms with Crippen LogP contribution in [-0.2, 0) is 23.0 Å². The van der Waals surface area contributed by atoms with Crippen LogP contribution in [0, 0.1) is 0 Å². The Labute approximate surface area is 165 Å². The predicted octanol–water partition coefficient (Wildman–Crippen LogP) is 2.68. The normalized spacial score (nSPS) is 16.6. The summed E-state index contributed by atoms with van der Waals surface area (Å²) >= 11 is 0. The van der Waals surface area contributed by atoms with E-state index < -0.39 is 10.0 Å². The van der Waals surface area contributed by atoms with Gasteiger partial charge in [-0.1, -0.05) is 42.4 Å². The maximum absolute atomic E-state index is 13.0. The van der Waals surface area contributed by atoms with E-state index in [9.17, 15) is 8.42 Å². The molecule has 1 fully saturated rings. The zero-order chi connectivity index (χ0) is 19.6. The van der Waals surface area contributed by atoms with Gasteiger partial charge in [-0.3, -0.25) is 4.90 Å². The van der Waals surface area contributed by atoms with Gasteiger partial charge in [-0.2, -0.15) is 9.29 Å². The van der Waals surface area contributed by atoms with Crippen molar-refractivity contribution in [2.24, 2.45) is 0 Å². The smallest absolute Gasteiger partial charge is 0.243 e. The summed E-state index contributed by atoms with van der Waals surface area (Å²) in [5.74, 6) is 1.32. The van der Waals surface area contributed by atoms with Gasteiger partial charge in [0.15, 0.2) is 5.82 Å². The topological polar surface area (TPSA) is 79.5 Å². The SMILES string of the molecule is CCCc1noc(CN2CCN(S(=O)(=O)c3ccc4ccccc4c3)CC2)n1. The molecule has 1 saturated heterocycles. The molecule has 0 saturated carbocycles. The largest absolute Gasteiger partial charge is 0.338 e. The highest BCUT2D eigenvalue weighted by atomic mass is 32.2. The Morgan fingerprint density at radius 1 is 1.04 bits per heavy atom. The van der Waals surface area contributed by atoms with Crippen LogP contribution in [0.3, 0.4) is 0 Å². The highest BCUT2D eigenvalue weighted by Crippen LogP contribution is 2.23. The molecule has 0 bridgehead atoms. The van der Waals surface area contributed by atoms with Gasteiger partial charge in [0.05, 0.1) is 11.4 Å². The lowest BCUT2D eigenvalue weighted by molar-refractivity contribution is 0.163. The van der Waals surface area contributed by atoms with Crippen molar-refractivity contribution in [1.82, 2.24) is 19.3 Å². The molecule has 2 heterocycles. The average Bonchev–Trinajstić information content (AvgIpc) is 3.15. The molecule has 1 aliphatic heterocycles. The number of nitrogens with zero attached hydrogens (tertiary/aromatic N) is 4. The minimum absolute atomic E-state index is 0.348. The number of hydrogen-bond donors (Lipinski definition) is 0. The molecule has 0 atom stereocenters. The highest BCUT2D eigenvalue weighted by molar-refractivity contribution is 7.89. The van der Waals surface area contributed by atoms with E-state index in [4.69, 9.17) is 4.52 Å². The molecular formula is C20H24N4O3S. The van der Waals surface area contributed by atoms with E-state index >= 15 is 0 Å². The first-order valence-corrected chi connectivity index (χ1v) is 11.0. The first kappa shape index (κ1) is 19.0. The van der Waals surface area contributed by atoms with Crippen LogP contribution in [0.15, 0.2) is 51.9 Å². The number of aromatic nitrogens is 2. The molecular weight excluding hydrogens is 376 g/mol. The lowest BCUT2D eigenvalue weighted by atomic mass is 10.1. The second-order valence-electron chi connectivity index (χ2n) is 7.04. The Morgan fingerprint density at radius 3 is 2.54 bits per heavy atom. The molecule has 0 spiro atoms. The van der Waals surface area contributed by atoms with Gasteiger partial charge in [-0.25, -0.2) is 8.42 Å². The average molecular weight is 401 g/mol. The minimum atomic E-state index is -3.50. The zero-order valence-electron chi connectivity index (χ0n) is 15.9. The van der Waals surface area contributed by atoms with Gasteiger partial charge >= 0.3 is 0 Å². The minimum Gasteiger partial charge on any atom is -0.338 e. The molecule has 4 rings (SSSR count). The van der Waals surface area contributed by atoms with Gasteiger partial charge in [0.25, 0.3) is 0 Å². The molecule has 0 unspecified atom stereocenters. The molecule has 0 radical (unpaired) electrons. The Morgan fingerprint density at radius 2 is 1.79 bits per heavy atom.